The summed E-state index contributed by atoms with van der Waals surface area (Å²) in [4.78, 5) is 27.3. The van der Waals surface area contributed by atoms with Gasteiger partial charge >= 0.3 is 11.9 Å². The molecule has 8 nitrogen and oxygen atoms in total. The third kappa shape index (κ3) is 4.83. The van der Waals surface area contributed by atoms with Gasteiger partial charge in [-0.05, 0) is 60.5 Å². The maximum absolute atomic E-state index is 12.0. The fourth-order valence-corrected chi connectivity index (χ4v) is 4.43. The molecule has 0 N–H and O–H groups in total. The van der Waals surface area contributed by atoms with E-state index in [9.17, 15) is 9.59 Å². The summed E-state index contributed by atoms with van der Waals surface area (Å²) in [5.74, 6) is -0.192. The molecule has 0 aliphatic carbocycles. The van der Waals surface area contributed by atoms with Crippen molar-refractivity contribution in [2.75, 3.05) is 13.2 Å². The molecule has 0 atom stereocenters. The molecule has 0 saturated carbocycles. The molecule has 2 heterocycles. The first kappa shape index (κ1) is 22.3. The van der Waals surface area contributed by atoms with Crippen LogP contribution in [0.4, 0.5) is 0 Å². The van der Waals surface area contributed by atoms with E-state index in [4.69, 9.17) is 9.47 Å². The number of tetrazole rings is 1. The van der Waals surface area contributed by atoms with Crippen LogP contribution in [0.15, 0.2) is 54.6 Å². The molecule has 0 aliphatic heterocycles. The fraction of sp³-hybridized carbons (Fsp3) is 0.208. The monoisotopic (exact) mass is 462 g/mol. The van der Waals surface area contributed by atoms with E-state index in [2.05, 4.69) is 15.4 Å². The van der Waals surface area contributed by atoms with E-state index < -0.39 is 0 Å². The molecule has 0 radical (unpaired) electrons. The molecular weight excluding hydrogens is 440 g/mol. The number of rotatable bonds is 7. The molecule has 0 spiro atoms. The SMILES string of the molecule is CCOC(=O)c1ccc(-c2cc(-c3nnn(C)n3)c(-c3ccc(C(=O)OCC)cc3)s2)cc1. The standard InChI is InChI=1S/C24H22N4O4S/c1-4-31-23(29)17-10-6-15(7-11-17)20-14-19(22-25-27-28(3)26-22)21(33-20)16-8-12-18(13-9-16)24(30)32-5-2/h6-14H,4-5H2,1-3H3. The number of nitrogens with zero attached hydrogens (tertiary/aromatic N) is 4. The third-order valence-corrected chi connectivity index (χ3v) is 6.05. The molecule has 9 heteroatoms. The quantitative estimate of drug-likeness (QED) is 0.370. The molecule has 0 saturated heterocycles. The lowest BCUT2D eigenvalue weighted by Crippen LogP contribution is -2.03. The Labute approximate surface area is 194 Å². The van der Waals surface area contributed by atoms with Crippen LogP contribution >= 0.6 is 11.3 Å². The average Bonchev–Trinajstić information content (AvgIpc) is 3.46. The molecule has 4 aromatic rings. The van der Waals surface area contributed by atoms with Crippen LogP contribution in [0.2, 0.25) is 0 Å². The minimum atomic E-state index is -0.353. The van der Waals surface area contributed by atoms with Gasteiger partial charge in [-0.1, -0.05) is 24.3 Å². The average molecular weight is 463 g/mol. The number of thiophene rings is 1. The second kappa shape index (κ2) is 9.74. The zero-order chi connectivity index (χ0) is 23.4. The molecule has 0 fully saturated rings. The number of carbonyl (C=O) groups is 2. The summed E-state index contributed by atoms with van der Waals surface area (Å²) >= 11 is 1.57. The van der Waals surface area contributed by atoms with Gasteiger partial charge in [0.1, 0.15) is 0 Å². The Kier molecular flexibility index (Phi) is 6.60. The molecule has 168 valence electrons. The summed E-state index contributed by atoms with van der Waals surface area (Å²) in [5.41, 5.74) is 3.70. The molecule has 0 aliphatic rings. The summed E-state index contributed by atoms with van der Waals surface area (Å²) in [7, 11) is 1.71. The number of benzene rings is 2. The second-order valence-corrected chi connectivity index (χ2v) is 8.10. The first-order valence-electron chi connectivity index (χ1n) is 10.4. The molecular formula is C24H22N4O4S. The van der Waals surface area contributed by atoms with Gasteiger partial charge in [0.05, 0.1) is 31.4 Å². The Morgan fingerprint density at radius 3 is 1.91 bits per heavy atom. The number of esters is 2. The Morgan fingerprint density at radius 2 is 1.42 bits per heavy atom. The van der Waals surface area contributed by atoms with E-state index in [1.165, 1.54) is 4.80 Å². The van der Waals surface area contributed by atoms with E-state index in [0.717, 1.165) is 26.4 Å². The van der Waals surface area contributed by atoms with Crippen molar-refractivity contribution in [3.63, 3.8) is 0 Å². The van der Waals surface area contributed by atoms with Crippen molar-refractivity contribution in [3.05, 3.63) is 65.7 Å². The summed E-state index contributed by atoms with van der Waals surface area (Å²) in [5, 5.41) is 12.5. The van der Waals surface area contributed by atoms with Crippen LogP contribution in [-0.4, -0.2) is 45.4 Å². The van der Waals surface area contributed by atoms with E-state index in [0.29, 0.717) is 30.2 Å². The van der Waals surface area contributed by atoms with Gasteiger partial charge in [-0.15, -0.1) is 21.5 Å². The molecule has 2 aromatic carbocycles. The van der Waals surface area contributed by atoms with Crippen molar-refractivity contribution >= 4 is 23.3 Å². The highest BCUT2D eigenvalue weighted by atomic mass is 32.1. The molecule has 0 unspecified atom stereocenters. The van der Waals surface area contributed by atoms with E-state index >= 15 is 0 Å². The maximum atomic E-state index is 12.0. The lowest BCUT2D eigenvalue weighted by atomic mass is 10.1. The van der Waals surface area contributed by atoms with Crippen LogP contribution in [0.1, 0.15) is 34.6 Å². The first-order valence-corrected chi connectivity index (χ1v) is 11.2. The van der Waals surface area contributed by atoms with E-state index in [-0.39, 0.29) is 11.9 Å². The zero-order valence-corrected chi connectivity index (χ0v) is 19.3. The predicted molar refractivity (Wildman–Crippen MR) is 125 cm³/mol. The number of hydrogen-bond acceptors (Lipinski definition) is 8. The van der Waals surface area contributed by atoms with Gasteiger partial charge in [-0.25, -0.2) is 9.59 Å². The van der Waals surface area contributed by atoms with Crippen molar-refractivity contribution in [1.29, 1.82) is 0 Å². The van der Waals surface area contributed by atoms with Gasteiger partial charge in [0.25, 0.3) is 0 Å². The van der Waals surface area contributed by atoms with Crippen LogP contribution in [0.25, 0.3) is 32.3 Å². The largest absolute Gasteiger partial charge is 0.462 e. The minimum absolute atomic E-state index is 0.326. The number of hydrogen-bond donors (Lipinski definition) is 0. The fourth-order valence-electron chi connectivity index (χ4n) is 3.26. The van der Waals surface area contributed by atoms with Crippen molar-refractivity contribution in [1.82, 2.24) is 20.2 Å². The minimum Gasteiger partial charge on any atom is -0.462 e. The second-order valence-electron chi connectivity index (χ2n) is 7.05. The summed E-state index contributed by atoms with van der Waals surface area (Å²) in [6.45, 7) is 4.21. The summed E-state index contributed by atoms with van der Waals surface area (Å²) < 4.78 is 10.1. The van der Waals surface area contributed by atoms with Crippen molar-refractivity contribution in [3.8, 4) is 32.3 Å². The topological polar surface area (TPSA) is 96.2 Å². The van der Waals surface area contributed by atoms with Gasteiger partial charge < -0.3 is 9.47 Å². The first-order chi connectivity index (χ1) is 16.0. The van der Waals surface area contributed by atoms with Crippen LogP contribution in [0.3, 0.4) is 0 Å². The maximum Gasteiger partial charge on any atom is 0.338 e. The molecule has 2 aromatic heterocycles. The Morgan fingerprint density at radius 1 is 0.879 bits per heavy atom. The number of aryl methyl sites for hydroxylation is 1. The number of ether oxygens (including phenoxy) is 2. The van der Waals surface area contributed by atoms with Crippen molar-refractivity contribution in [2.24, 2.45) is 7.05 Å². The number of carbonyl (C=O) groups excluding carboxylic acids is 2. The summed E-state index contributed by atoms with van der Waals surface area (Å²) in [6, 6.07) is 16.5. The Balaban J connectivity index is 1.73. The van der Waals surface area contributed by atoms with Gasteiger partial charge in [-0.3, -0.25) is 0 Å². The third-order valence-electron chi connectivity index (χ3n) is 4.82. The van der Waals surface area contributed by atoms with E-state index in [1.807, 2.05) is 30.3 Å². The lowest BCUT2D eigenvalue weighted by Gasteiger charge is -2.04. The highest BCUT2D eigenvalue weighted by molar-refractivity contribution is 7.19. The van der Waals surface area contributed by atoms with E-state index in [1.54, 1.807) is 56.5 Å². The highest BCUT2D eigenvalue weighted by Crippen LogP contribution is 2.42. The Hall–Kier alpha value is -3.85. The molecule has 0 bridgehead atoms. The molecule has 33 heavy (non-hydrogen) atoms. The van der Waals surface area contributed by atoms with Gasteiger partial charge in [0.15, 0.2) is 0 Å². The predicted octanol–water partition coefficient (Wildman–Crippen LogP) is 4.63. The van der Waals surface area contributed by atoms with Crippen LogP contribution in [-0.2, 0) is 16.5 Å². The molecule has 0 amide bonds. The van der Waals surface area contributed by atoms with Gasteiger partial charge in [-0.2, -0.15) is 4.80 Å². The van der Waals surface area contributed by atoms with Crippen molar-refractivity contribution < 1.29 is 19.1 Å². The van der Waals surface area contributed by atoms with Crippen LogP contribution < -0.4 is 0 Å². The van der Waals surface area contributed by atoms with Gasteiger partial charge in [0.2, 0.25) is 5.82 Å². The smallest absolute Gasteiger partial charge is 0.338 e. The number of aromatic nitrogens is 4. The van der Waals surface area contributed by atoms with Crippen LogP contribution in [0, 0.1) is 0 Å². The lowest BCUT2D eigenvalue weighted by molar-refractivity contribution is 0.0517. The van der Waals surface area contributed by atoms with Gasteiger partial charge in [0, 0.05) is 15.3 Å². The molecule has 4 rings (SSSR count). The zero-order valence-electron chi connectivity index (χ0n) is 18.4. The normalized spacial score (nSPS) is 10.8. The van der Waals surface area contributed by atoms with Crippen molar-refractivity contribution in [2.45, 2.75) is 13.8 Å². The Bertz CT molecular complexity index is 1280. The summed E-state index contributed by atoms with van der Waals surface area (Å²) in [6.07, 6.45) is 0. The highest BCUT2D eigenvalue weighted by Gasteiger charge is 2.19. The van der Waals surface area contributed by atoms with Crippen LogP contribution in [0.5, 0.6) is 0 Å².